The van der Waals surface area contributed by atoms with Crippen LogP contribution in [0.3, 0.4) is 0 Å². The van der Waals surface area contributed by atoms with Crippen LogP contribution in [0.25, 0.3) is 0 Å². The first kappa shape index (κ1) is 13.7. The van der Waals surface area contributed by atoms with Crippen molar-refractivity contribution in [2.75, 3.05) is 11.6 Å². The summed E-state index contributed by atoms with van der Waals surface area (Å²) in [6.07, 6.45) is 1.01. The van der Waals surface area contributed by atoms with Crippen molar-refractivity contribution in [2.45, 2.75) is 19.0 Å². The van der Waals surface area contributed by atoms with Gasteiger partial charge in [-0.2, -0.15) is 4.98 Å². The average molecular weight is 300 g/mol. The lowest BCUT2D eigenvalue weighted by molar-refractivity contribution is 0.102. The van der Waals surface area contributed by atoms with Crippen LogP contribution in [0.2, 0.25) is 0 Å². The van der Waals surface area contributed by atoms with E-state index in [2.05, 4.69) is 20.5 Å². The molecule has 9 heteroatoms. The van der Waals surface area contributed by atoms with Crippen LogP contribution in [0, 0.1) is 13.8 Å². The summed E-state index contributed by atoms with van der Waals surface area (Å²) in [6.45, 7) is 3.75. The maximum absolute atomic E-state index is 12.0. The summed E-state index contributed by atoms with van der Waals surface area (Å²) >= 11 is 1.51. The molecule has 0 aromatic carbocycles. The summed E-state index contributed by atoms with van der Waals surface area (Å²) in [5.74, 6) is -0.422. The monoisotopic (exact) mass is 300 g/mol. The lowest BCUT2D eigenvalue weighted by Crippen LogP contribution is -2.13. The summed E-state index contributed by atoms with van der Waals surface area (Å²) in [7, 11) is -3.46. The minimum absolute atomic E-state index is 0.0614. The molecule has 0 unspecified atom stereocenters. The SMILES string of the molecule is Cc1cc(C(=O)Nc2n[nH]c(S(C)(=O)=O)n2)c(C)s1. The molecule has 2 aromatic heterocycles. The van der Waals surface area contributed by atoms with Crippen LogP contribution in [-0.2, 0) is 9.84 Å². The Balaban J connectivity index is 2.20. The molecule has 19 heavy (non-hydrogen) atoms. The van der Waals surface area contributed by atoms with Crippen molar-refractivity contribution >= 4 is 33.0 Å². The Bertz CT molecular complexity index is 730. The predicted molar refractivity (Wildman–Crippen MR) is 71.2 cm³/mol. The van der Waals surface area contributed by atoms with Gasteiger partial charge >= 0.3 is 0 Å². The number of sulfone groups is 1. The Morgan fingerprint density at radius 2 is 2.11 bits per heavy atom. The van der Waals surface area contributed by atoms with Gasteiger partial charge in [0, 0.05) is 16.0 Å². The number of carbonyl (C=O) groups is 1. The van der Waals surface area contributed by atoms with Crippen molar-refractivity contribution < 1.29 is 13.2 Å². The van der Waals surface area contributed by atoms with Crippen molar-refractivity contribution in [3.63, 3.8) is 0 Å². The van der Waals surface area contributed by atoms with Crippen LogP contribution < -0.4 is 5.32 Å². The lowest BCUT2D eigenvalue weighted by Gasteiger charge is -1.98. The Labute approximate surface area is 114 Å². The summed E-state index contributed by atoms with van der Waals surface area (Å²) < 4.78 is 22.4. The van der Waals surface area contributed by atoms with Gasteiger partial charge in [-0.15, -0.1) is 16.4 Å². The number of hydrogen-bond donors (Lipinski definition) is 2. The van der Waals surface area contributed by atoms with E-state index in [0.717, 1.165) is 16.0 Å². The highest BCUT2D eigenvalue weighted by Crippen LogP contribution is 2.21. The number of carbonyl (C=O) groups excluding carboxylic acids is 1. The maximum atomic E-state index is 12.0. The Morgan fingerprint density at radius 3 is 2.58 bits per heavy atom. The number of aryl methyl sites for hydroxylation is 2. The van der Waals surface area contributed by atoms with Crippen LogP contribution in [0.1, 0.15) is 20.1 Å². The van der Waals surface area contributed by atoms with E-state index in [1.807, 2.05) is 13.8 Å². The molecule has 2 rings (SSSR count). The largest absolute Gasteiger partial charge is 0.289 e. The zero-order chi connectivity index (χ0) is 14.2. The van der Waals surface area contributed by atoms with Crippen molar-refractivity contribution in [1.29, 1.82) is 0 Å². The van der Waals surface area contributed by atoms with Gasteiger partial charge < -0.3 is 0 Å². The molecule has 2 aromatic rings. The quantitative estimate of drug-likeness (QED) is 0.884. The fraction of sp³-hybridized carbons (Fsp3) is 0.300. The topological polar surface area (TPSA) is 105 Å². The smallest absolute Gasteiger partial charge is 0.259 e. The summed E-state index contributed by atoms with van der Waals surface area (Å²) in [6, 6.07) is 1.76. The number of nitrogens with zero attached hydrogens (tertiary/aromatic N) is 2. The van der Waals surface area contributed by atoms with Crippen molar-refractivity contribution in [2.24, 2.45) is 0 Å². The second-order valence-electron chi connectivity index (χ2n) is 4.02. The molecule has 0 bridgehead atoms. The third-order valence-electron chi connectivity index (χ3n) is 2.33. The van der Waals surface area contributed by atoms with Crippen LogP contribution in [0.15, 0.2) is 11.2 Å². The Hall–Kier alpha value is -1.74. The first-order chi connectivity index (χ1) is 8.77. The van der Waals surface area contributed by atoms with Gasteiger partial charge in [0.1, 0.15) is 0 Å². The predicted octanol–water partition coefficient (Wildman–Crippen LogP) is 1.14. The minimum Gasteiger partial charge on any atom is -0.289 e. The minimum atomic E-state index is -3.46. The fourth-order valence-electron chi connectivity index (χ4n) is 1.49. The van der Waals surface area contributed by atoms with Gasteiger partial charge in [0.2, 0.25) is 20.9 Å². The molecule has 0 fully saturated rings. The molecule has 2 heterocycles. The number of thiophene rings is 1. The van der Waals surface area contributed by atoms with Crippen LogP contribution >= 0.6 is 11.3 Å². The summed E-state index contributed by atoms with van der Waals surface area (Å²) in [5.41, 5.74) is 0.535. The molecule has 102 valence electrons. The van der Waals surface area contributed by atoms with Gasteiger partial charge in [0.05, 0.1) is 5.56 Å². The number of hydrogen-bond acceptors (Lipinski definition) is 6. The van der Waals surface area contributed by atoms with E-state index < -0.39 is 9.84 Å². The molecule has 2 N–H and O–H groups in total. The van der Waals surface area contributed by atoms with Crippen molar-refractivity contribution in [3.05, 3.63) is 21.4 Å². The van der Waals surface area contributed by atoms with E-state index in [1.54, 1.807) is 6.07 Å². The molecule has 7 nitrogen and oxygen atoms in total. The first-order valence-corrected chi connectivity index (χ1v) is 7.99. The van der Waals surface area contributed by atoms with Crippen molar-refractivity contribution in [3.8, 4) is 0 Å². The number of aromatic nitrogens is 3. The molecule has 0 saturated carbocycles. The van der Waals surface area contributed by atoms with Gasteiger partial charge in [-0.3, -0.25) is 10.1 Å². The highest BCUT2D eigenvalue weighted by atomic mass is 32.2. The van der Waals surface area contributed by atoms with E-state index >= 15 is 0 Å². The van der Waals surface area contributed by atoms with Gasteiger partial charge in [-0.1, -0.05) is 0 Å². The van der Waals surface area contributed by atoms with Crippen LogP contribution in [0.4, 0.5) is 5.95 Å². The third kappa shape index (κ3) is 2.99. The van der Waals surface area contributed by atoms with Gasteiger partial charge in [0.15, 0.2) is 0 Å². The van der Waals surface area contributed by atoms with E-state index in [-0.39, 0.29) is 17.0 Å². The normalized spacial score (nSPS) is 11.5. The number of amides is 1. The lowest BCUT2D eigenvalue weighted by atomic mass is 10.2. The Kier molecular flexibility index (Phi) is 3.42. The molecule has 0 aliphatic rings. The highest BCUT2D eigenvalue weighted by Gasteiger charge is 2.17. The molecule has 0 saturated heterocycles. The zero-order valence-electron chi connectivity index (χ0n) is 10.5. The third-order valence-corrected chi connectivity index (χ3v) is 4.18. The van der Waals surface area contributed by atoms with Gasteiger partial charge in [-0.05, 0) is 19.9 Å². The number of aromatic amines is 1. The van der Waals surface area contributed by atoms with E-state index in [1.165, 1.54) is 11.3 Å². The van der Waals surface area contributed by atoms with Gasteiger partial charge in [-0.25, -0.2) is 13.5 Å². The number of H-pyrrole nitrogens is 1. The molecule has 0 spiro atoms. The molecule has 0 aliphatic carbocycles. The van der Waals surface area contributed by atoms with E-state index in [4.69, 9.17) is 0 Å². The molecule has 0 aliphatic heterocycles. The van der Waals surface area contributed by atoms with Crippen LogP contribution in [-0.4, -0.2) is 35.8 Å². The summed E-state index contributed by atoms with van der Waals surface area (Å²) in [4.78, 5) is 17.6. The second kappa shape index (κ2) is 4.74. The zero-order valence-corrected chi connectivity index (χ0v) is 12.1. The number of rotatable bonds is 3. The highest BCUT2D eigenvalue weighted by molar-refractivity contribution is 7.90. The molecule has 0 atom stereocenters. The van der Waals surface area contributed by atoms with E-state index in [9.17, 15) is 13.2 Å². The maximum Gasteiger partial charge on any atom is 0.259 e. The first-order valence-electron chi connectivity index (χ1n) is 5.28. The number of anilines is 1. The Morgan fingerprint density at radius 1 is 1.42 bits per heavy atom. The fourth-order valence-corrected chi connectivity index (χ4v) is 2.88. The average Bonchev–Trinajstić information content (AvgIpc) is 2.84. The second-order valence-corrected chi connectivity index (χ2v) is 7.41. The van der Waals surface area contributed by atoms with E-state index in [0.29, 0.717) is 5.56 Å². The summed E-state index contributed by atoms with van der Waals surface area (Å²) in [5, 5.41) is 8.08. The van der Waals surface area contributed by atoms with Crippen molar-refractivity contribution in [1.82, 2.24) is 15.2 Å². The standard InChI is InChI=1S/C10H12N4O3S2/c1-5-4-7(6(2)18-5)8(15)11-9-12-10(14-13-9)19(3,16)17/h4H,1-3H3,(H2,11,12,13,14,15). The molecular weight excluding hydrogens is 288 g/mol. The van der Waals surface area contributed by atoms with Gasteiger partial charge in [0.25, 0.3) is 5.91 Å². The molecule has 0 radical (unpaired) electrons. The number of nitrogens with one attached hydrogen (secondary N) is 2. The molecular formula is C10H12N4O3S2. The molecule has 1 amide bonds. The van der Waals surface area contributed by atoms with Crippen LogP contribution in [0.5, 0.6) is 0 Å².